The molecule has 1 aromatic carbocycles. The predicted octanol–water partition coefficient (Wildman–Crippen LogP) is 2.03. The molecule has 4 nitrogen and oxygen atoms in total. The van der Waals surface area contributed by atoms with Crippen LogP contribution >= 0.6 is 11.3 Å². The third-order valence-corrected chi connectivity index (χ3v) is 4.57. The van der Waals surface area contributed by atoms with E-state index in [1.165, 1.54) is 11.1 Å². The Hall–Kier alpha value is -1.72. The van der Waals surface area contributed by atoms with Crippen LogP contribution in [0.1, 0.15) is 32.1 Å². The topological polar surface area (TPSA) is 54.0 Å². The highest BCUT2D eigenvalue weighted by atomic mass is 32.1. The number of hydrogen-bond donors (Lipinski definition) is 2. The van der Waals surface area contributed by atoms with Crippen LogP contribution in [0.4, 0.5) is 0 Å². The Kier molecular flexibility index (Phi) is 3.80. The maximum atomic E-state index is 12.4. The van der Waals surface area contributed by atoms with E-state index in [0.29, 0.717) is 6.54 Å². The van der Waals surface area contributed by atoms with Crippen molar-refractivity contribution in [3.05, 3.63) is 51.0 Å². The number of carbonyl (C=O) groups excluding carboxylic acids is 1. The minimum Gasteiger partial charge on any atom is -0.347 e. The quantitative estimate of drug-likeness (QED) is 0.908. The predicted molar refractivity (Wildman–Crippen MR) is 79.9 cm³/mol. The number of aryl methyl sites for hydroxylation is 1. The van der Waals surface area contributed by atoms with E-state index in [1.807, 2.05) is 24.6 Å². The molecule has 20 heavy (non-hydrogen) atoms. The van der Waals surface area contributed by atoms with Crippen LogP contribution in [0, 0.1) is 6.92 Å². The molecule has 1 aromatic heterocycles. The SMILES string of the molecule is Cc1ncsc1CNC(=O)c1cccc2c1CCNC2. The number of nitrogens with one attached hydrogen (secondary N) is 2. The van der Waals surface area contributed by atoms with Gasteiger partial charge in [0.2, 0.25) is 0 Å². The molecule has 1 aliphatic heterocycles. The molecular formula is C15H17N3OS. The molecule has 0 saturated carbocycles. The van der Waals surface area contributed by atoms with Gasteiger partial charge in [-0.25, -0.2) is 4.98 Å². The second-order valence-electron chi connectivity index (χ2n) is 4.91. The van der Waals surface area contributed by atoms with E-state index in [1.54, 1.807) is 11.3 Å². The number of benzene rings is 1. The van der Waals surface area contributed by atoms with Gasteiger partial charge in [0.25, 0.3) is 5.91 Å². The number of aromatic nitrogens is 1. The molecule has 104 valence electrons. The van der Waals surface area contributed by atoms with Crippen LogP contribution in [0.25, 0.3) is 0 Å². The van der Waals surface area contributed by atoms with Crippen LogP contribution < -0.4 is 10.6 Å². The Bertz CT molecular complexity index is 636. The molecule has 2 aromatic rings. The maximum absolute atomic E-state index is 12.4. The monoisotopic (exact) mass is 287 g/mol. The van der Waals surface area contributed by atoms with Gasteiger partial charge in [-0.15, -0.1) is 11.3 Å². The summed E-state index contributed by atoms with van der Waals surface area (Å²) in [6, 6.07) is 5.96. The van der Waals surface area contributed by atoms with Gasteiger partial charge in [0.1, 0.15) is 0 Å². The largest absolute Gasteiger partial charge is 0.347 e. The van der Waals surface area contributed by atoms with Gasteiger partial charge in [0, 0.05) is 17.0 Å². The van der Waals surface area contributed by atoms with Crippen LogP contribution in [0.3, 0.4) is 0 Å². The number of fused-ring (bicyclic) bond motifs is 1. The fourth-order valence-corrected chi connectivity index (χ4v) is 3.21. The lowest BCUT2D eigenvalue weighted by Crippen LogP contribution is -2.29. The van der Waals surface area contributed by atoms with Crippen molar-refractivity contribution in [2.45, 2.75) is 26.4 Å². The zero-order chi connectivity index (χ0) is 13.9. The molecule has 0 aliphatic carbocycles. The summed E-state index contributed by atoms with van der Waals surface area (Å²) in [6.45, 7) is 4.31. The number of carbonyl (C=O) groups is 1. The molecule has 2 N–H and O–H groups in total. The van der Waals surface area contributed by atoms with E-state index in [2.05, 4.69) is 21.7 Å². The smallest absolute Gasteiger partial charge is 0.251 e. The summed E-state index contributed by atoms with van der Waals surface area (Å²) in [5.74, 6) is 0.0107. The standard InChI is InChI=1S/C15H17N3OS/c1-10-14(20-9-18-10)8-17-15(19)13-4-2-3-11-7-16-6-5-12(11)13/h2-4,9,16H,5-8H2,1H3,(H,17,19). The van der Waals surface area contributed by atoms with Gasteiger partial charge in [-0.05, 0) is 37.1 Å². The first-order valence-electron chi connectivity index (χ1n) is 6.74. The molecule has 0 fully saturated rings. The molecule has 0 atom stereocenters. The van der Waals surface area contributed by atoms with E-state index in [9.17, 15) is 4.79 Å². The maximum Gasteiger partial charge on any atom is 0.251 e. The van der Waals surface area contributed by atoms with Crippen LogP contribution in [-0.4, -0.2) is 17.4 Å². The molecule has 0 spiro atoms. The first-order chi connectivity index (χ1) is 9.75. The van der Waals surface area contributed by atoms with Crippen molar-refractivity contribution in [2.75, 3.05) is 6.54 Å². The highest BCUT2D eigenvalue weighted by Crippen LogP contribution is 2.19. The van der Waals surface area contributed by atoms with Gasteiger partial charge in [-0.2, -0.15) is 0 Å². The van der Waals surface area contributed by atoms with Gasteiger partial charge in [0.05, 0.1) is 17.7 Å². The molecule has 3 rings (SSSR count). The van der Waals surface area contributed by atoms with Gasteiger partial charge in [-0.1, -0.05) is 12.1 Å². The third-order valence-electron chi connectivity index (χ3n) is 3.64. The Morgan fingerprint density at radius 3 is 3.20 bits per heavy atom. The van der Waals surface area contributed by atoms with Crippen LogP contribution in [0.2, 0.25) is 0 Å². The lowest BCUT2D eigenvalue weighted by molar-refractivity contribution is 0.0950. The average molecular weight is 287 g/mol. The molecule has 1 aliphatic rings. The minimum absolute atomic E-state index is 0.0107. The fourth-order valence-electron chi connectivity index (χ4n) is 2.50. The Morgan fingerprint density at radius 2 is 2.40 bits per heavy atom. The molecule has 1 amide bonds. The highest BCUT2D eigenvalue weighted by molar-refractivity contribution is 7.09. The van der Waals surface area contributed by atoms with Gasteiger partial charge in [0.15, 0.2) is 0 Å². The molecule has 5 heteroatoms. The van der Waals surface area contributed by atoms with E-state index in [0.717, 1.165) is 35.6 Å². The number of amides is 1. The van der Waals surface area contributed by atoms with Gasteiger partial charge in [-0.3, -0.25) is 4.79 Å². The molecular weight excluding hydrogens is 270 g/mol. The first kappa shape index (κ1) is 13.3. The van der Waals surface area contributed by atoms with Crippen molar-refractivity contribution in [3.63, 3.8) is 0 Å². The number of rotatable bonds is 3. The number of hydrogen-bond acceptors (Lipinski definition) is 4. The van der Waals surface area contributed by atoms with Gasteiger partial charge >= 0.3 is 0 Å². The second kappa shape index (κ2) is 5.73. The van der Waals surface area contributed by atoms with Crippen molar-refractivity contribution < 1.29 is 4.79 Å². The molecule has 0 bridgehead atoms. The lowest BCUT2D eigenvalue weighted by Gasteiger charge is -2.19. The van der Waals surface area contributed by atoms with E-state index in [-0.39, 0.29) is 5.91 Å². The Morgan fingerprint density at radius 1 is 1.50 bits per heavy atom. The summed E-state index contributed by atoms with van der Waals surface area (Å²) >= 11 is 1.58. The van der Waals surface area contributed by atoms with Crippen molar-refractivity contribution >= 4 is 17.2 Å². The van der Waals surface area contributed by atoms with Crippen LogP contribution in [-0.2, 0) is 19.5 Å². The zero-order valence-corrected chi connectivity index (χ0v) is 12.2. The first-order valence-corrected chi connectivity index (χ1v) is 7.62. The van der Waals surface area contributed by atoms with Gasteiger partial charge < -0.3 is 10.6 Å². The Labute approximate surface area is 122 Å². The second-order valence-corrected chi connectivity index (χ2v) is 5.85. The van der Waals surface area contributed by atoms with Crippen LogP contribution in [0.15, 0.2) is 23.7 Å². The number of thiazole rings is 1. The summed E-state index contributed by atoms with van der Waals surface area (Å²) < 4.78 is 0. The molecule has 0 unspecified atom stereocenters. The molecule has 0 saturated heterocycles. The van der Waals surface area contributed by atoms with E-state index >= 15 is 0 Å². The summed E-state index contributed by atoms with van der Waals surface area (Å²) in [7, 11) is 0. The van der Waals surface area contributed by atoms with Crippen LogP contribution in [0.5, 0.6) is 0 Å². The van der Waals surface area contributed by atoms with E-state index < -0.39 is 0 Å². The average Bonchev–Trinajstić information content (AvgIpc) is 2.89. The van der Waals surface area contributed by atoms with Crippen molar-refractivity contribution in [3.8, 4) is 0 Å². The normalized spacial score (nSPS) is 13.8. The van der Waals surface area contributed by atoms with E-state index in [4.69, 9.17) is 0 Å². The molecule has 0 radical (unpaired) electrons. The fraction of sp³-hybridized carbons (Fsp3) is 0.333. The zero-order valence-electron chi connectivity index (χ0n) is 11.4. The third kappa shape index (κ3) is 2.59. The van der Waals surface area contributed by atoms with Crippen molar-refractivity contribution in [1.82, 2.24) is 15.6 Å². The lowest BCUT2D eigenvalue weighted by atomic mass is 9.95. The Balaban J connectivity index is 1.76. The summed E-state index contributed by atoms with van der Waals surface area (Å²) in [4.78, 5) is 17.7. The highest BCUT2D eigenvalue weighted by Gasteiger charge is 2.17. The van der Waals surface area contributed by atoms with Crippen molar-refractivity contribution in [1.29, 1.82) is 0 Å². The summed E-state index contributed by atoms with van der Waals surface area (Å²) in [6.07, 6.45) is 0.915. The summed E-state index contributed by atoms with van der Waals surface area (Å²) in [5.41, 5.74) is 6.04. The molecule has 2 heterocycles. The summed E-state index contributed by atoms with van der Waals surface area (Å²) in [5, 5.41) is 6.33. The number of nitrogens with zero attached hydrogens (tertiary/aromatic N) is 1. The minimum atomic E-state index is 0.0107. The van der Waals surface area contributed by atoms with Crippen molar-refractivity contribution in [2.24, 2.45) is 0 Å².